The average Bonchev–Trinajstić information content (AvgIpc) is 3.07. The van der Waals surface area contributed by atoms with E-state index in [2.05, 4.69) is 5.32 Å². The molecule has 1 aromatic rings. The molecule has 0 amide bonds. The number of nitrogens with one attached hydrogen (secondary N) is 1. The lowest BCUT2D eigenvalue weighted by molar-refractivity contribution is -0.153. The second kappa shape index (κ2) is 5.36. The van der Waals surface area contributed by atoms with E-state index in [1.54, 1.807) is 6.07 Å². The SMILES string of the molecule is FC(F)(F)COc1ccc(Cl)cc1CNC1CC1. The third-order valence-electron chi connectivity index (χ3n) is 2.57. The fourth-order valence-corrected chi connectivity index (χ4v) is 1.72. The molecule has 1 aromatic carbocycles. The summed E-state index contributed by atoms with van der Waals surface area (Å²) in [6.07, 6.45) is -2.11. The molecule has 0 spiro atoms. The minimum Gasteiger partial charge on any atom is -0.484 e. The zero-order chi connectivity index (χ0) is 13.2. The van der Waals surface area contributed by atoms with E-state index in [0.717, 1.165) is 12.8 Å². The Bertz CT molecular complexity index is 418. The van der Waals surface area contributed by atoms with E-state index in [1.165, 1.54) is 12.1 Å². The van der Waals surface area contributed by atoms with Gasteiger partial charge in [-0.15, -0.1) is 0 Å². The summed E-state index contributed by atoms with van der Waals surface area (Å²) in [4.78, 5) is 0. The van der Waals surface area contributed by atoms with Crippen LogP contribution in [0.4, 0.5) is 13.2 Å². The summed E-state index contributed by atoms with van der Waals surface area (Å²) < 4.78 is 41.1. The first-order valence-electron chi connectivity index (χ1n) is 5.65. The second-order valence-electron chi connectivity index (χ2n) is 4.31. The monoisotopic (exact) mass is 279 g/mol. The van der Waals surface area contributed by atoms with E-state index < -0.39 is 12.8 Å². The maximum atomic E-state index is 12.1. The maximum absolute atomic E-state index is 12.1. The number of benzene rings is 1. The van der Waals surface area contributed by atoms with Crippen molar-refractivity contribution in [3.05, 3.63) is 28.8 Å². The number of hydrogen-bond acceptors (Lipinski definition) is 2. The predicted octanol–water partition coefficient (Wildman–Crippen LogP) is 3.53. The van der Waals surface area contributed by atoms with Crippen LogP contribution in [0.25, 0.3) is 0 Å². The van der Waals surface area contributed by atoms with Crippen molar-refractivity contribution in [2.75, 3.05) is 6.61 Å². The van der Waals surface area contributed by atoms with Gasteiger partial charge in [-0.2, -0.15) is 13.2 Å². The lowest BCUT2D eigenvalue weighted by Crippen LogP contribution is -2.21. The predicted molar refractivity (Wildman–Crippen MR) is 62.9 cm³/mol. The van der Waals surface area contributed by atoms with Gasteiger partial charge in [-0.3, -0.25) is 0 Å². The summed E-state index contributed by atoms with van der Waals surface area (Å²) in [6.45, 7) is -0.816. The highest BCUT2D eigenvalue weighted by atomic mass is 35.5. The lowest BCUT2D eigenvalue weighted by Gasteiger charge is -2.14. The van der Waals surface area contributed by atoms with Crippen LogP contribution in [0.2, 0.25) is 5.02 Å². The first-order chi connectivity index (χ1) is 8.44. The first kappa shape index (κ1) is 13.5. The Morgan fingerprint density at radius 3 is 2.67 bits per heavy atom. The highest BCUT2D eigenvalue weighted by Gasteiger charge is 2.29. The van der Waals surface area contributed by atoms with E-state index in [1.807, 2.05) is 0 Å². The third-order valence-corrected chi connectivity index (χ3v) is 2.81. The number of halogens is 4. The summed E-state index contributed by atoms with van der Waals surface area (Å²) in [7, 11) is 0. The van der Waals surface area contributed by atoms with Crippen molar-refractivity contribution in [2.45, 2.75) is 31.6 Å². The van der Waals surface area contributed by atoms with Crippen molar-refractivity contribution >= 4 is 11.6 Å². The minimum atomic E-state index is -4.33. The van der Waals surface area contributed by atoms with Crippen molar-refractivity contribution in [1.82, 2.24) is 5.32 Å². The standard InChI is InChI=1S/C12H13ClF3NO/c13-9-1-4-11(18-7-12(14,15)16)8(5-9)6-17-10-2-3-10/h1,4-5,10,17H,2-3,6-7H2. The number of rotatable bonds is 5. The Labute approximate surface area is 108 Å². The topological polar surface area (TPSA) is 21.3 Å². The third kappa shape index (κ3) is 4.38. The molecule has 0 unspecified atom stereocenters. The molecule has 18 heavy (non-hydrogen) atoms. The Morgan fingerprint density at radius 1 is 1.33 bits per heavy atom. The van der Waals surface area contributed by atoms with Crippen LogP contribution in [0, 0.1) is 0 Å². The molecule has 0 aromatic heterocycles. The summed E-state index contributed by atoms with van der Waals surface area (Å²) in [5, 5.41) is 3.71. The fourth-order valence-electron chi connectivity index (χ4n) is 1.53. The zero-order valence-corrected chi connectivity index (χ0v) is 10.3. The van der Waals surface area contributed by atoms with Gasteiger partial charge in [0.1, 0.15) is 5.75 Å². The van der Waals surface area contributed by atoms with Gasteiger partial charge in [-0.1, -0.05) is 11.6 Å². The van der Waals surface area contributed by atoms with Gasteiger partial charge in [0.25, 0.3) is 0 Å². The molecule has 2 nitrogen and oxygen atoms in total. The molecule has 6 heteroatoms. The molecule has 100 valence electrons. The van der Waals surface area contributed by atoms with Gasteiger partial charge in [0.15, 0.2) is 6.61 Å². The molecule has 1 saturated carbocycles. The largest absolute Gasteiger partial charge is 0.484 e. The van der Waals surface area contributed by atoms with Crippen molar-refractivity contribution in [2.24, 2.45) is 0 Å². The van der Waals surface area contributed by atoms with Crippen LogP contribution in [-0.4, -0.2) is 18.8 Å². The van der Waals surface area contributed by atoms with Crippen LogP contribution in [0.1, 0.15) is 18.4 Å². The number of ether oxygens (including phenoxy) is 1. The average molecular weight is 280 g/mol. The second-order valence-corrected chi connectivity index (χ2v) is 4.75. The van der Waals surface area contributed by atoms with E-state index in [-0.39, 0.29) is 5.75 Å². The van der Waals surface area contributed by atoms with Crippen LogP contribution in [0.3, 0.4) is 0 Å². The molecule has 0 aliphatic heterocycles. The van der Waals surface area contributed by atoms with Crippen LogP contribution < -0.4 is 10.1 Å². The Morgan fingerprint density at radius 2 is 2.06 bits per heavy atom. The van der Waals surface area contributed by atoms with Crippen LogP contribution in [0.5, 0.6) is 5.75 Å². The lowest BCUT2D eigenvalue weighted by atomic mass is 10.2. The molecule has 0 saturated heterocycles. The Hall–Kier alpha value is -0.940. The molecule has 1 aliphatic carbocycles. The normalized spacial score (nSPS) is 15.8. The van der Waals surface area contributed by atoms with Crippen molar-refractivity contribution in [3.8, 4) is 5.75 Å². The molecule has 0 radical (unpaired) electrons. The van der Waals surface area contributed by atoms with Crippen LogP contribution in [-0.2, 0) is 6.54 Å². The highest BCUT2D eigenvalue weighted by molar-refractivity contribution is 6.30. The Balaban J connectivity index is 2.01. The molecular formula is C12H13ClF3NO. The molecule has 1 fully saturated rings. The summed E-state index contributed by atoms with van der Waals surface area (Å²) in [5.74, 6) is 0.227. The van der Waals surface area contributed by atoms with E-state index in [4.69, 9.17) is 16.3 Å². The van der Waals surface area contributed by atoms with Gasteiger partial charge in [-0.05, 0) is 31.0 Å². The van der Waals surface area contributed by atoms with Crippen molar-refractivity contribution in [3.63, 3.8) is 0 Å². The quantitative estimate of drug-likeness (QED) is 0.890. The van der Waals surface area contributed by atoms with E-state index in [0.29, 0.717) is 23.2 Å². The van der Waals surface area contributed by atoms with Gasteiger partial charge in [0.2, 0.25) is 0 Å². The van der Waals surface area contributed by atoms with Gasteiger partial charge in [-0.25, -0.2) is 0 Å². The molecule has 0 bridgehead atoms. The zero-order valence-electron chi connectivity index (χ0n) is 9.56. The minimum absolute atomic E-state index is 0.227. The molecule has 1 N–H and O–H groups in total. The summed E-state index contributed by atoms with van der Waals surface area (Å²) in [6, 6.07) is 5.09. The fraction of sp³-hybridized carbons (Fsp3) is 0.500. The molecule has 0 atom stereocenters. The van der Waals surface area contributed by atoms with Crippen LogP contribution in [0.15, 0.2) is 18.2 Å². The van der Waals surface area contributed by atoms with Crippen LogP contribution >= 0.6 is 11.6 Å². The summed E-state index contributed by atoms with van der Waals surface area (Å²) in [5.41, 5.74) is 0.652. The molecule has 0 heterocycles. The van der Waals surface area contributed by atoms with Crippen molar-refractivity contribution in [1.29, 1.82) is 0 Å². The van der Waals surface area contributed by atoms with E-state index >= 15 is 0 Å². The highest BCUT2D eigenvalue weighted by Crippen LogP contribution is 2.27. The summed E-state index contributed by atoms with van der Waals surface area (Å²) >= 11 is 5.83. The van der Waals surface area contributed by atoms with E-state index in [9.17, 15) is 13.2 Å². The maximum Gasteiger partial charge on any atom is 0.422 e. The first-order valence-corrected chi connectivity index (χ1v) is 6.03. The molecule has 1 aliphatic rings. The smallest absolute Gasteiger partial charge is 0.422 e. The number of hydrogen-bond donors (Lipinski definition) is 1. The van der Waals surface area contributed by atoms with Gasteiger partial charge >= 0.3 is 6.18 Å². The van der Waals surface area contributed by atoms with Crippen molar-refractivity contribution < 1.29 is 17.9 Å². The number of alkyl halides is 3. The molecule has 2 rings (SSSR count). The van der Waals surface area contributed by atoms with Gasteiger partial charge in [0.05, 0.1) is 0 Å². The van der Waals surface area contributed by atoms with Gasteiger partial charge < -0.3 is 10.1 Å². The molecular weight excluding hydrogens is 267 g/mol. The van der Waals surface area contributed by atoms with Gasteiger partial charge in [0, 0.05) is 23.2 Å². The Kier molecular flexibility index (Phi) is 4.02.